The third kappa shape index (κ3) is 4.47. The molecule has 1 saturated heterocycles. The number of hydrogen-bond donors (Lipinski definition) is 0. The molecule has 1 fully saturated rings. The standard InChI is InChI=1S/C18H21ClF3N5O/c1-25-7-3-4-12(10-25)11-26(2)14-9-24-27(17(28)16(14)19)15-6-5-13(8-23-15)18(20,21)22/h5-6,8-9,12H,3-4,7,10-11H2,1-2H3. The topological polar surface area (TPSA) is 54.3 Å². The molecule has 10 heteroatoms. The third-order valence-electron chi connectivity index (χ3n) is 4.86. The first-order valence-corrected chi connectivity index (χ1v) is 9.25. The molecule has 3 heterocycles. The highest BCUT2D eigenvalue weighted by Crippen LogP contribution is 2.29. The zero-order chi connectivity index (χ0) is 20.5. The minimum atomic E-state index is -4.50. The van der Waals surface area contributed by atoms with E-state index in [2.05, 4.69) is 22.0 Å². The molecule has 0 aliphatic carbocycles. The molecule has 2 aromatic rings. The Labute approximate surface area is 165 Å². The summed E-state index contributed by atoms with van der Waals surface area (Å²) in [6, 6.07) is 1.94. The monoisotopic (exact) mass is 415 g/mol. The van der Waals surface area contributed by atoms with Crippen LogP contribution < -0.4 is 10.5 Å². The summed E-state index contributed by atoms with van der Waals surface area (Å²) in [6.07, 6.45) is -0.164. The van der Waals surface area contributed by atoms with Gasteiger partial charge in [-0.05, 0) is 44.5 Å². The molecule has 152 valence electrons. The van der Waals surface area contributed by atoms with E-state index >= 15 is 0 Å². The number of piperidine rings is 1. The molecule has 0 saturated carbocycles. The van der Waals surface area contributed by atoms with Crippen LogP contribution in [0.3, 0.4) is 0 Å². The van der Waals surface area contributed by atoms with Crippen LogP contribution in [0.25, 0.3) is 5.82 Å². The minimum absolute atomic E-state index is 0.0250. The summed E-state index contributed by atoms with van der Waals surface area (Å²) in [5, 5.41) is 4.02. The molecule has 28 heavy (non-hydrogen) atoms. The van der Waals surface area contributed by atoms with Gasteiger partial charge in [-0.15, -0.1) is 0 Å². The molecule has 0 spiro atoms. The summed E-state index contributed by atoms with van der Waals surface area (Å²) < 4.78 is 38.9. The molecule has 6 nitrogen and oxygen atoms in total. The number of pyridine rings is 1. The maximum absolute atomic E-state index is 12.7. The number of likely N-dealkylation sites (tertiary alicyclic amines) is 1. The number of aromatic nitrogens is 3. The third-order valence-corrected chi connectivity index (χ3v) is 5.21. The quantitative estimate of drug-likeness (QED) is 0.768. The normalized spacial score (nSPS) is 18.3. The van der Waals surface area contributed by atoms with Gasteiger partial charge in [-0.1, -0.05) is 11.6 Å². The van der Waals surface area contributed by atoms with Gasteiger partial charge in [0.05, 0.1) is 17.4 Å². The van der Waals surface area contributed by atoms with Crippen molar-refractivity contribution in [2.24, 2.45) is 5.92 Å². The van der Waals surface area contributed by atoms with Gasteiger partial charge < -0.3 is 9.80 Å². The van der Waals surface area contributed by atoms with Gasteiger partial charge in [-0.3, -0.25) is 4.79 Å². The van der Waals surface area contributed by atoms with Crippen molar-refractivity contribution in [3.05, 3.63) is 45.5 Å². The molecule has 1 atom stereocenters. The SMILES string of the molecule is CN1CCCC(CN(C)c2cnn(-c3ccc(C(F)(F)F)cn3)c(=O)c2Cl)C1. The summed E-state index contributed by atoms with van der Waals surface area (Å²) in [7, 11) is 3.93. The molecule has 1 aliphatic rings. The summed E-state index contributed by atoms with van der Waals surface area (Å²) in [6.45, 7) is 2.79. The molecule has 1 aliphatic heterocycles. The van der Waals surface area contributed by atoms with Crippen LogP contribution in [0.4, 0.5) is 18.9 Å². The lowest BCUT2D eigenvalue weighted by atomic mass is 9.98. The number of nitrogens with zero attached hydrogens (tertiary/aromatic N) is 5. The van der Waals surface area contributed by atoms with E-state index in [1.807, 2.05) is 11.9 Å². The first kappa shape index (κ1) is 20.6. The van der Waals surface area contributed by atoms with E-state index in [-0.39, 0.29) is 10.8 Å². The van der Waals surface area contributed by atoms with Gasteiger partial charge in [-0.25, -0.2) is 4.98 Å². The molecule has 1 unspecified atom stereocenters. The Bertz CT molecular complexity index is 884. The van der Waals surface area contributed by atoms with Crippen LogP contribution in [0.15, 0.2) is 29.3 Å². The zero-order valence-corrected chi connectivity index (χ0v) is 16.3. The fourth-order valence-electron chi connectivity index (χ4n) is 3.44. The Morgan fingerprint density at radius 1 is 1.32 bits per heavy atom. The fourth-order valence-corrected chi connectivity index (χ4v) is 3.71. The van der Waals surface area contributed by atoms with Crippen molar-refractivity contribution in [3.8, 4) is 5.82 Å². The van der Waals surface area contributed by atoms with Crippen LogP contribution in [-0.2, 0) is 6.18 Å². The van der Waals surface area contributed by atoms with E-state index in [0.717, 1.165) is 49.3 Å². The van der Waals surface area contributed by atoms with Gasteiger partial charge in [0.15, 0.2) is 5.82 Å². The number of alkyl halides is 3. The Balaban J connectivity index is 1.82. The van der Waals surface area contributed by atoms with Gasteiger partial charge in [0.25, 0.3) is 5.56 Å². The largest absolute Gasteiger partial charge is 0.417 e. The minimum Gasteiger partial charge on any atom is -0.372 e. The van der Waals surface area contributed by atoms with E-state index in [4.69, 9.17) is 11.6 Å². The van der Waals surface area contributed by atoms with E-state index < -0.39 is 17.3 Å². The Morgan fingerprint density at radius 3 is 2.68 bits per heavy atom. The molecule has 0 radical (unpaired) electrons. The molecule has 0 amide bonds. The van der Waals surface area contributed by atoms with E-state index in [9.17, 15) is 18.0 Å². The van der Waals surface area contributed by atoms with Crippen LogP contribution in [0.1, 0.15) is 18.4 Å². The van der Waals surface area contributed by atoms with Crippen molar-refractivity contribution in [2.75, 3.05) is 38.6 Å². The highest BCUT2D eigenvalue weighted by Gasteiger charge is 2.31. The second-order valence-electron chi connectivity index (χ2n) is 7.11. The van der Waals surface area contributed by atoms with Crippen LogP contribution >= 0.6 is 11.6 Å². The van der Waals surface area contributed by atoms with Crippen LogP contribution in [0.5, 0.6) is 0 Å². The zero-order valence-electron chi connectivity index (χ0n) is 15.6. The van der Waals surface area contributed by atoms with Crippen LogP contribution in [0.2, 0.25) is 5.02 Å². The first-order valence-electron chi connectivity index (χ1n) is 8.88. The fraction of sp³-hybridized carbons (Fsp3) is 0.500. The van der Waals surface area contributed by atoms with Crippen molar-refractivity contribution in [3.63, 3.8) is 0 Å². The van der Waals surface area contributed by atoms with E-state index in [1.165, 1.54) is 6.20 Å². The Kier molecular flexibility index (Phi) is 5.95. The number of rotatable bonds is 4. The van der Waals surface area contributed by atoms with Crippen LogP contribution in [0, 0.1) is 5.92 Å². The number of anilines is 1. The Morgan fingerprint density at radius 2 is 2.07 bits per heavy atom. The lowest BCUT2D eigenvalue weighted by Crippen LogP contribution is -2.38. The average molecular weight is 416 g/mol. The number of halogens is 4. The molecule has 0 N–H and O–H groups in total. The maximum atomic E-state index is 12.7. The smallest absolute Gasteiger partial charge is 0.372 e. The van der Waals surface area contributed by atoms with Crippen molar-refractivity contribution in [2.45, 2.75) is 19.0 Å². The van der Waals surface area contributed by atoms with Crippen LogP contribution in [-0.4, -0.2) is 53.4 Å². The second-order valence-corrected chi connectivity index (χ2v) is 7.49. The van der Waals surface area contributed by atoms with Gasteiger partial charge in [-0.2, -0.15) is 23.0 Å². The molecule has 3 rings (SSSR count). The van der Waals surface area contributed by atoms with Crippen molar-refractivity contribution in [1.29, 1.82) is 0 Å². The molecule has 0 bridgehead atoms. The highest BCUT2D eigenvalue weighted by molar-refractivity contribution is 6.33. The van der Waals surface area contributed by atoms with Gasteiger partial charge in [0, 0.05) is 26.3 Å². The van der Waals surface area contributed by atoms with Crippen molar-refractivity contribution >= 4 is 17.3 Å². The lowest BCUT2D eigenvalue weighted by molar-refractivity contribution is -0.137. The maximum Gasteiger partial charge on any atom is 0.417 e. The summed E-state index contributed by atoms with van der Waals surface area (Å²) in [4.78, 5) is 20.5. The first-order chi connectivity index (χ1) is 13.2. The van der Waals surface area contributed by atoms with Gasteiger partial charge in [0.1, 0.15) is 5.02 Å². The lowest BCUT2D eigenvalue weighted by Gasteiger charge is -2.33. The summed E-state index contributed by atoms with van der Waals surface area (Å²) in [5.74, 6) is 0.432. The predicted molar refractivity (Wildman–Crippen MR) is 101 cm³/mol. The Hall–Kier alpha value is -2.13. The van der Waals surface area contributed by atoms with E-state index in [1.54, 1.807) is 0 Å². The highest BCUT2D eigenvalue weighted by atomic mass is 35.5. The summed E-state index contributed by atoms with van der Waals surface area (Å²) >= 11 is 6.26. The molecular weight excluding hydrogens is 395 g/mol. The van der Waals surface area contributed by atoms with Crippen molar-refractivity contribution < 1.29 is 13.2 Å². The average Bonchev–Trinajstić information content (AvgIpc) is 2.63. The molecule has 2 aromatic heterocycles. The van der Waals surface area contributed by atoms with Crippen molar-refractivity contribution in [1.82, 2.24) is 19.7 Å². The number of hydrogen-bond acceptors (Lipinski definition) is 5. The summed E-state index contributed by atoms with van der Waals surface area (Å²) in [5.41, 5.74) is -1.04. The van der Waals surface area contributed by atoms with Gasteiger partial charge >= 0.3 is 6.18 Å². The van der Waals surface area contributed by atoms with Gasteiger partial charge in [0.2, 0.25) is 0 Å². The molecule has 0 aromatic carbocycles. The molecular formula is C18H21ClF3N5O. The predicted octanol–water partition coefficient (Wildman–Crippen LogP) is 3.08. The van der Waals surface area contributed by atoms with E-state index in [0.29, 0.717) is 17.8 Å². The second kappa shape index (κ2) is 8.08.